The number of carbonyl (C=O) groups is 3. The highest BCUT2D eigenvalue weighted by Gasteiger charge is 2.77. The number of ether oxygens (including phenoxy) is 10. The van der Waals surface area contributed by atoms with Crippen LogP contribution in [0.25, 0.3) is 12.2 Å². The van der Waals surface area contributed by atoms with Crippen LogP contribution in [0.5, 0.6) is 5.75 Å². The summed E-state index contributed by atoms with van der Waals surface area (Å²) in [7, 11) is 1.53. The highest BCUT2D eigenvalue weighted by molar-refractivity contribution is 5.88. The Kier molecular flexibility index (Phi) is 13.4. The fourth-order valence-corrected chi connectivity index (χ4v) is 8.12. The molecular weight excluding hydrogens is 792 g/mol. The van der Waals surface area contributed by atoms with Gasteiger partial charge in [-0.05, 0) is 48.4 Å². The van der Waals surface area contributed by atoms with Gasteiger partial charge in [0.15, 0.2) is 30.9 Å². The van der Waals surface area contributed by atoms with Crippen LogP contribution in [0.2, 0.25) is 0 Å². The molecule has 4 heterocycles. The summed E-state index contributed by atoms with van der Waals surface area (Å²) < 4.78 is 58.9. The van der Waals surface area contributed by atoms with Crippen LogP contribution in [-0.4, -0.2) is 149 Å². The molecular formula is C42H48O18. The quantitative estimate of drug-likeness (QED) is 0.0746. The van der Waals surface area contributed by atoms with Gasteiger partial charge in [0.1, 0.15) is 41.9 Å². The minimum atomic E-state index is -1.74. The highest BCUT2D eigenvalue weighted by Crippen LogP contribution is 2.61. The fraction of sp³-hybridized carbons (Fsp3) is 0.500. The molecule has 18 heteroatoms. The molecule has 1 aliphatic carbocycles. The van der Waals surface area contributed by atoms with Crippen molar-refractivity contribution in [2.45, 2.75) is 99.4 Å². The average molecular weight is 841 g/mol. The minimum absolute atomic E-state index is 0.532. The molecule has 3 saturated heterocycles. The number of fused-ring (bicyclic) bond motifs is 3. The van der Waals surface area contributed by atoms with Gasteiger partial charge in [0, 0.05) is 25.0 Å². The summed E-state index contributed by atoms with van der Waals surface area (Å²) in [5, 5.41) is 51.7. The minimum Gasteiger partial charge on any atom is -0.497 e. The molecule has 0 unspecified atom stereocenters. The van der Waals surface area contributed by atoms with E-state index >= 15 is 0 Å². The lowest BCUT2D eigenvalue weighted by Crippen LogP contribution is -2.62. The number of hydrogen-bond acceptors (Lipinski definition) is 18. The largest absolute Gasteiger partial charge is 0.497 e. The summed E-state index contributed by atoms with van der Waals surface area (Å²) in [4.78, 5) is 39.4. The maximum Gasteiger partial charge on any atom is 0.331 e. The van der Waals surface area contributed by atoms with Crippen LogP contribution in [0, 0.1) is 11.8 Å². The Labute approximate surface area is 344 Å². The van der Waals surface area contributed by atoms with Crippen molar-refractivity contribution in [3.63, 3.8) is 0 Å². The smallest absolute Gasteiger partial charge is 0.331 e. The first-order valence-corrected chi connectivity index (χ1v) is 19.4. The van der Waals surface area contributed by atoms with Crippen molar-refractivity contribution < 1.29 is 87.3 Å². The summed E-state index contributed by atoms with van der Waals surface area (Å²) in [6, 6.07) is 15.9. The van der Waals surface area contributed by atoms with Gasteiger partial charge in [-0.25, -0.2) is 9.59 Å². The molecule has 324 valence electrons. The van der Waals surface area contributed by atoms with Crippen LogP contribution in [0.15, 0.2) is 79.1 Å². The first-order chi connectivity index (χ1) is 28.9. The lowest BCUT2D eigenvalue weighted by Gasteiger charge is -2.45. The predicted molar refractivity (Wildman–Crippen MR) is 203 cm³/mol. The Hall–Kier alpha value is -4.73. The number of epoxide rings is 1. The van der Waals surface area contributed by atoms with Crippen molar-refractivity contribution in [1.29, 1.82) is 0 Å². The van der Waals surface area contributed by atoms with E-state index in [1.165, 1.54) is 37.7 Å². The van der Waals surface area contributed by atoms with Crippen LogP contribution in [-0.2, 0) is 57.0 Å². The summed E-state index contributed by atoms with van der Waals surface area (Å²) in [5.41, 5.74) is 0.0589. The second kappa shape index (κ2) is 18.5. The molecule has 16 atom stereocenters. The second-order valence-electron chi connectivity index (χ2n) is 15.0. The number of carbonyl (C=O) groups excluding carboxylic acids is 3. The van der Waals surface area contributed by atoms with Gasteiger partial charge in [-0.1, -0.05) is 42.5 Å². The Morgan fingerprint density at radius 1 is 0.750 bits per heavy atom. The van der Waals surface area contributed by atoms with Crippen molar-refractivity contribution >= 4 is 30.1 Å². The molecule has 2 aromatic carbocycles. The van der Waals surface area contributed by atoms with Crippen molar-refractivity contribution in [3.8, 4) is 5.75 Å². The zero-order chi connectivity index (χ0) is 42.7. The van der Waals surface area contributed by atoms with Crippen LogP contribution in [0.4, 0.5) is 0 Å². The molecule has 60 heavy (non-hydrogen) atoms. The SMILES string of the molecule is COc1ccc(C=CC(=O)O[C@@H]2[C@@H](OC(=O)C=Cc3ccccc3)[C@@H](OC(C)=O)[C@H](O[C@H]3[C@@H]4C=CO[C@@H](O[C@@H]5O[C@H](CO)[C@@H](O)[C@H](O)[C@H]5O)[C@@H]4[C@@]4(CO)O[C@@H]34)O[C@H]2C)cc1. The molecule has 18 nitrogen and oxygen atoms in total. The normalized spacial score (nSPS) is 38.1. The number of aliphatic hydroxyl groups excluding tert-OH is 5. The van der Waals surface area contributed by atoms with E-state index in [9.17, 15) is 39.9 Å². The lowest BCUT2D eigenvalue weighted by molar-refractivity contribution is -0.347. The Balaban J connectivity index is 1.14. The van der Waals surface area contributed by atoms with E-state index in [4.69, 9.17) is 47.4 Å². The number of aliphatic hydroxyl groups is 5. The van der Waals surface area contributed by atoms with E-state index < -0.39 is 128 Å². The number of methoxy groups -OCH3 is 1. The fourth-order valence-electron chi connectivity index (χ4n) is 8.12. The zero-order valence-electron chi connectivity index (χ0n) is 32.8. The standard InChI is InChI=1S/C42H48O18/c1-21-34(56-28(46)16-12-24-9-13-25(51-3)14-10-24)36(57-29(47)15-11-23-7-5-4-6-8-23)37(54-22(2)45)41(53-21)58-35-26-17-18-52-39(30(26)42(20-44)38(35)60-42)59-40-33(50)32(49)31(48)27(19-43)55-40/h4-18,21,26-27,30-41,43-44,48-50H,19-20H2,1-3H3/t21-,26+,27+,30+,31+,32-,33+,34-,35-,36+,37+,38-,39-,40-,41-,42+/m0/s1. The van der Waals surface area contributed by atoms with E-state index in [-0.39, 0.29) is 0 Å². The van der Waals surface area contributed by atoms with Gasteiger partial charge < -0.3 is 72.9 Å². The number of hydrogen-bond donors (Lipinski definition) is 5. The molecule has 4 aliphatic heterocycles. The average Bonchev–Trinajstić information content (AvgIpc) is 3.92. The number of esters is 3. The third kappa shape index (κ3) is 8.99. The highest BCUT2D eigenvalue weighted by atomic mass is 16.8. The Morgan fingerprint density at radius 2 is 1.42 bits per heavy atom. The zero-order valence-corrected chi connectivity index (χ0v) is 32.8. The van der Waals surface area contributed by atoms with Crippen molar-refractivity contribution in [2.75, 3.05) is 20.3 Å². The van der Waals surface area contributed by atoms with Gasteiger partial charge in [0.05, 0.1) is 44.7 Å². The third-order valence-corrected chi connectivity index (χ3v) is 11.2. The summed E-state index contributed by atoms with van der Waals surface area (Å²) in [5.74, 6) is -3.32. The van der Waals surface area contributed by atoms with Crippen LogP contribution in [0.3, 0.4) is 0 Å². The lowest BCUT2D eigenvalue weighted by atomic mass is 9.85. The summed E-state index contributed by atoms with van der Waals surface area (Å²) >= 11 is 0. The Bertz CT molecular complexity index is 1900. The van der Waals surface area contributed by atoms with Crippen LogP contribution >= 0.6 is 0 Å². The van der Waals surface area contributed by atoms with E-state index in [0.29, 0.717) is 16.9 Å². The number of rotatable bonds is 14. The maximum atomic E-state index is 13.4. The molecule has 5 N–H and O–H groups in total. The molecule has 0 amide bonds. The van der Waals surface area contributed by atoms with Crippen LogP contribution < -0.4 is 4.74 Å². The van der Waals surface area contributed by atoms with E-state index in [2.05, 4.69) is 0 Å². The van der Waals surface area contributed by atoms with Gasteiger partial charge in [-0.15, -0.1) is 0 Å². The monoisotopic (exact) mass is 840 g/mol. The first kappa shape index (κ1) is 43.4. The van der Waals surface area contributed by atoms with E-state index in [0.717, 1.165) is 6.92 Å². The molecule has 0 spiro atoms. The van der Waals surface area contributed by atoms with Crippen molar-refractivity contribution in [1.82, 2.24) is 0 Å². The molecule has 7 rings (SSSR count). The first-order valence-electron chi connectivity index (χ1n) is 19.4. The van der Waals surface area contributed by atoms with Gasteiger partial charge in [0.25, 0.3) is 0 Å². The molecule has 0 radical (unpaired) electrons. The maximum absolute atomic E-state index is 13.4. The van der Waals surface area contributed by atoms with Gasteiger partial charge in [-0.3, -0.25) is 4.79 Å². The van der Waals surface area contributed by atoms with Crippen molar-refractivity contribution in [2.24, 2.45) is 11.8 Å². The van der Waals surface area contributed by atoms with Gasteiger partial charge >= 0.3 is 17.9 Å². The van der Waals surface area contributed by atoms with Gasteiger partial charge in [0.2, 0.25) is 6.29 Å². The molecule has 4 fully saturated rings. The summed E-state index contributed by atoms with van der Waals surface area (Å²) in [6.07, 6.45) is -9.37. The van der Waals surface area contributed by atoms with Crippen LogP contribution in [0.1, 0.15) is 25.0 Å². The predicted octanol–water partition coefficient (Wildman–Crippen LogP) is 0.370. The third-order valence-electron chi connectivity index (χ3n) is 11.2. The second-order valence-corrected chi connectivity index (χ2v) is 15.0. The van der Waals surface area contributed by atoms with Gasteiger partial charge in [-0.2, -0.15) is 0 Å². The molecule has 2 aromatic rings. The molecule has 0 bridgehead atoms. The topological polar surface area (TPSA) is 248 Å². The Morgan fingerprint density at radius 3 is 2.05 bits per heavy atom. The number of benzene rings is 2. The molecule has 5 aliphatic rings. The van der Waals surface area contributed by atoms with E-state index in [1.807, 2.05) is 6.07 Å². The molecule has 0 aromatic heterocycles. The summed E-state index contributed by atoms with van der Waals surface area (Å²) in [6.45, 7) is 1.48. The molecule has 1 saturated carbocycles. The van der Waals surface area contributed by atoms with Crippen molar-refractivity contribution in [3.05, 3.63) is 90.2 Å². The van der Waals surface area contributed by atoms with E-state index in [1.54, 1.807) is 61.5 Å².